The third-order valence-electron chi connectivity index (χ3n) is 4.25. The van der Waals surface area contributed by atoms with Gasteiger partial charge in [-0.15, -0.1) is 0 Å². The Labute approximate surface area is 163 Å². The van der Waals surface area contributed by atoms with E-state index in [1.807, 2.05) is 30.3 Å². The molecule has 3 atom stereocenters. The average molecular weight is 393 g/mol. The van der Waals surface area contributed by atoms with Crippen LogP contribution in [0.15, 0.2) is 30.3 Å². The lowest BCUT2D eigenvalue weighted by atomic mass is 10.0. The molecule has 1 aromatic rings. The number of alkyl carbamates (subject to hydrolysis) is 1. The van der Waals surface area contributed by atoms with Crippen LogP contribution in [0.5, 0.6) is 0 Å². The zero-order valence-corrected chi connectivity index (χ0v) is 16.2. The molecule has 4 N–H and O–H groups in total. The van der Waals surface area contributed by atoms with Crippen molar-refractivity contribution < 1.29 is 29.4 Å². The van der Waals surface area contributed by atoms with E-state index in [1.165, 1.54) is 10.4 Å². The normalized spacial score (nSPS) is 20.4. The Morgan fingerprint density at radius 1 is 1.25 bits per heavy atom. The molecule has 0 saturated carbocycles. The highest BCUT2D eigenvalue weighted by molar-refractivity contribution is 5.91. The molecule has 3 amide bonds. The van der Waals surface area contributed by atoms with Crippen LogP contribution in [0.3, 0.4) is 0 Å². The van der Waals surface area contributed by atoms with E-state index in [2.05, 4.69) is 5.32 Å². The van der Waals surface area contributed by atoms with Gasteiger partial charge in [-0.25, -0.2) is 10.3 Å². The molecule has 1 heterocycles. The zero-order valence-electron chi connectivity index (χ0n) is 16.2. The fourth-order valence-corrected chi connectivity index (χ4v) is 3.08. The number of carbonyl (C=O) groups is 3. The van der Waals surface area contributed by atoms with E-state index in [1.54, 1.807) is 20.8 Å². The molecular weight excluding hydrogens is 366 g/mol. The highest BCUT2D eigenvalue weighted by Crippen LogP contribution is 2.20. The van der Waals surface area contributed by atoms with Gasteiger partial charge in [0.05, 0.1) is 6.10 Å². The van der Waals surface area contributed by atoms with Crippen LogP contribution in [0.2, 0.25) is 0 Å². The lowest BCUT2D eigenvalue weighted by Crippen LogP contribution is -2.54. The van der Waals surface area contributed by atoms with E-state index < -0.39 is 41.7 Å². The average Bonchev–Trinajstić information content (AvgIpc) is 3.01. The molecule has 1 aromatic carbocycles. The predicted molar refractivity (Wildman–Crippen MR) is 99.4 cm³/mol. The quantitative estimate of drug-likeness (QED) is 0.428. The number of rotatable bonds is 5. The van der Waals surface area contributed by atoms with Gasteiger partial charge < -0.3 is 20.1 Å². The molecule has 0 bridgehead atoms. The summed E-state index contributed by atoms with van der Waals surface area (Å²) in [6, 6.07) is 7.06. The van der Waals surface area contributed by atoms with Crippen LogP contribution >= 0.6 is 0 Å². The maximum absolute atomic E-state index is 13.1. The summed E-state index contributed by atoms with van der Waals surface area (Å²) in [5.41, 5.74) is 1.58. The number of amides is 3. The molecule has 1 fully saturated rings. The number of hydrogen-bond acceptors (Lipinski definition) is 6. The summed E-state index contributed by atoms with van der Waals surface area (Å²) in [5.74, 6) is -1.33. The van der Waals surface area contributed by atoms with Crippen molar-refractivity contribution in [3.05, 3.63) is 35.9 Å². The maximum Gasteiger partial charge on any atom is 0.408 e. The van der Waals surface area contributed by atoms with Crippen LogP contribution in [-0.2, 0) is 20.7 Å². The lowest BCUT2D eigenvalue weighted by Gasteiger charge is -2.29. The van der Waals surface area contributed by atoms with E-state index in [4.69, 9.17) is 9.94 Å². The van der Waals surface area contributed by atoms with Crippen molar-refractivity contribution in [2.75, 3.05) is 6.54 Å². The highest BCUT2D eigenvalue weighted by Gasteiger charge is 2.41. The number of carbonyl (C=O) groups excluding carboxylic acids is 3. The number of aliphatic hydroxyl groups is 1. The number of ether oxygens (including phenoxy) is 1. The minimum atomic E-state index is -1.02. The number of nitrogens with one attached hydrogen (secondary N) is 2. The van der Waals surface area contributed by atoms with E-state index in [-0.39, 0.29) is 19.4 Å². The van der Waals surface area contributed by atoms with Crippen LogP contribution in [-0.4, -0.2) is 63.5 Å². The first kappa shape index (κ1) is 21.6. The van der Waals surface area contributed by atoms with Crippen LogP contribution < -0.4 is 10.8 Å². The first-order chi connectivity index (χ1) is 13.1. The molecule has 154 valence electrons. The molecule has 0 unspecified atom stereocenters. The molecule has 1 aliphatic heterocycles. The molecule has 1 aliphatic rings. The van der Waals surface area contributed by atoms with Crippen molar-refractivity contribution in [2.45, 2.75) is 57.4 Å². The third-order valence-corrected chi connectivity index (χ3v) is 4.25. The Morgan fingerprint density at radius 3 is 2.46 bits per heavy atom. The predicted octanol–water partition coefficient (Wildman–Crippen LogP) is 0.590. The summed E-state index contributed by atoms with van der Waals surface area (Å²) in [6.45, 7) is 5.05. The second kappa shape index (κ2) is 9.03. The highest BCUT2D eigenvalue weighted by atomic mass is 16.6. The van der Waals surface area contributed by atoms with Gasteiger partial charge >= 0.3 is 6.09 Å². The fourth-order valence-electron chi connectivity index (χ4n) is 3.08. The standard InChI is InChI=1S/C19H27N3O6/c1-19(2,3)28-18(26)20-14(9-12-7-5-4-6-8-12)17(25)22-11-13(23)10-15(22)16(24)21-27/h4-8,13-15,23,27H,9-11H2,1-3H3,(H,20,26)(H,21,24)/t13-,14+,15+/m1/s1. The summed E-state index contributed by atoms with van der Waals surface area (Å²) in [6.07, 6.45) is -1.48. The smallest absolute Gasteiger partial charge is 0.408 e. The zero-order chi connectivity index (χ0) is 20.9. The molecule has 0 spiro atoms. The first-order valence-corrected chi connectivity index (χ1v) is 9.06. The summed E-state index contributed by atoms with van der Waals surface area (Å²) in [7, 11) is 0. The van der Waals surface area contributed by atoms with Gasteiger partial charge in [0, 0.05) is 19.4 Å². The summed E-state index contributed by atoms with van der Waals surface area (Å²) < 4.78 is 5.25. The summed E-state index contributed by atoms with van der Waals surface area (Å²) in [4.78, 5) is 38.4. The van der Waals surface area contributed by atoms with Gasteiger partial charge in [-0.2, -0.15) is 0 Å². The van der Waals surface area contributed by atoms with Crippen LogP contribution in [0.25, 0.3) is 0 Å². The minimum absolute atomic E-state index is 0.00261. The largest absolute Gasteiger partial charge is 0.444 e. The Balaban J connectivity index is 2.22. The lowest BCUT2D eigenvalue weighted by molar-refractivity contribution is -0.143. The van der Waals surface area contributed by atoms with Gasteiger partial charge in [0.15, 0.2) is 0 Å². The molecular formula is C19H27N3O6. The number of hydroxylamine groups is 1. The first-order valence-electron chi connectivity index (χ1n) is 9.06. The monoisotopic (exact) mass is 393 g/mol. The number of aliphatic hydroxyl groups excluding tert-OH is 1. The molecule has 2 rings (SSSR count). The van der Waals surface area contributed by atoms with E-state index >= 15 is 0 Å². The van der Waals surface area contributed by atoms with Crippen LogP contribution in [0, 0.1) is 0 Å². The minimum Gasteiger partial charge on any atom is -0.444 e. The van der Waals surface area contributed by atoms with Crippen molar-refractivity contribution in [3.63, 3.8) is 0 Å². The fraction of sp³-hybridized carbons (Fsp3) is 0.526. The van der Waals surface area contributed by atoms with Gasteiger partial charge in [-0.3, -0.25) is 14.8 Å². The van der Waals surface area contributed by atoms with Crippen molar-refractivity contribution in [2.24, 2.45) is 0 Å². The van der Waals surface area contributed by atoms with Crippen molar-refractivity contribution in [1.29, 1.82) is 0 Å². The van der Waals surface area contributed by atoms with Gasteiger partial charge in [0.1, 0.15) is 17.7 Å². The molecule has 0 aliphatic carbocycles. The molecule has 0 radical (unpaired) electrons. The Morgan fingerprint density at radius 2 is 1.89 bits per heavy atom. The second-order valence-corrected chi connectivity index (χ2v) is 7.76. The summed E-state index contributed by atoms with van der Waals surface area (Å²) >= 11 is 0. The molecule has 0 aromatic heterocycles. The summed E-state index contributed by atoms with van der Waals surface area (Å²) in [5, 5.41) is 21.4. The SMILES string of the molecule is CC(C)(C)OC(=O)N[C@@H](Cc1ccccc1)C(=O)N1C[C@H](O)C[C@H]1C(=O)NO. The third kappa shape index (κ3) is 5.93. The van der Waals surface area contributed by atoms with Crippen molar-refractivity contribution in [1.82, 2.24) is 15.7 Å². The van der Waals surface area contributed by atoms with Crippen LogP contribution in [0.4, 0.5) is 4.79 Å². The molecule has 28 heavy (non-hydrogen) atoms. The number of hydrogen-bond donors (Lipinski definition) is 4. The van der Waals surface area contributed by atoms with Crippen LogP contribution in [0.1, 0.15) is 32.8 Å². The maximum atomic E-state index is 13.1. The second-order valence-electron chi connectivity index (χ2n) is 7.76. The van der Waals surface area contributed by atoms with E-state index in [0.29, 0.717) is 0 Å². The van der Waals surface area contributed by atoms with Crippen molar-refractivity contribution in [3.8, 4) is 0 Å². The van der Waals surface area contributed by atoms with Gasteiger partial charge in [0.2, 0.25) is 5.91 Å². The molecule has 9 heteroatoms. The van der Waals surface area contributed by atoms with E-state index in [9.17, 15) is 19.5 Å². The topological polar surface area (TPSA) is 128 Å². The number of β-amino-alcohol motifs (C(OH)–C–C–N with tert-alkyl or cyclic N) is 1. The number of nitrogens with zero attached hydrogens (tertiary/aromatic N) is 1. The van der Waals surface area contributed by atoms with Gasteiger partial charge in [-0.1, -0.05) is 30.3 Å². The molecule has 1 saturated heterocycles. The Bertz CT molecular complexity index is 703. The number of likely N-dealkylation sites (tertiary alicyclic amines) is 1. The number of benzene rings is 1. The van der Waals surface area contributed by atoms with Gasteiger partial charge in [-0.05, 0) is 26.3 Å². The van der Waals surface area contributed by atoms with Gasteiger partial charge in [0.25, 0.3) is 5.91 Å². The molecule has 9 nitrogen and oxygen atoms in total. The Hall–Kier alpha value is -2.65. The van der Waals surface area contributed by atoms with E-state index in [0.717, 1.165) is 5.56 Å². The Kier molecular flexibility index (Phi) is 6.98. The van der Waals surface area contributed by atoms with Crippen molar-refractivity contribution >= 4 is 17.9 Å².